The van der Waals surface area contributed by atoms with Gasteiger partial charge in [0.05, 0.1) is 12.2 Å². The molecule has 4 rings (SSSR count). The Morgan fingerprint density at radius 1 is 1.18 bits per heavy atom. The number of rotatable bonds is 4. The van der Waals surface area contributed by atoms with Gasteiger partial charge in [-0.2, -0.15) is 0 Å². The molecular formula is C19H14FN3O4S. The fourth-order valence-electron chi connectivity index (χ4n) is 2.86. The second kappa shape index (κ2) is 7.35. The lowest BCUT2D eigenvalue weighted by molar-refractivity contribution is -0.130. The van der Waals surface area contributed by atoms with Crippen LogP contribution in [0.2, 0.25) is 0 Å². The highest BCUT2D eigenvalue weighted by Crippen LogP contribution is 2.32. The number of hydrogen-bond acceptors (Lipinski definition) is 6. The van der Waals surface area contributed by atoms with Crippen LogP contribution in [-0.4, -0.2) is 29.9 Å². The van der Waals surface area contributed by atoms with Gasteiger partial charge in [0.25, 0.3) is 5.91 Å². The number of amides is 2. The maximum absolute atomic E-state index is 13.2. The number of carbonyl (C=O) groups excluding carboxylic acids is 2. The summed E-state index contributed by atoms with van der Waals surface area (Å²) in [5.41, 5.74) is 1.21. The quantitative estimate of drug-likeness (QED) is 0.484. The normalized spacial score (nSPS) is 18.7. The lowest BCUT2D eigenvalue weighted by atomic mass is 10.1. The molecule has 1 saturated heterocycles. The highest BCUT2D eigenvalue weighted by Gasteiger charge is 2.38. The van der Waals surface area contributed by atoms with Gasteiger partial charge >= 0.3 is 0 Å². The highest BCUT2D eigenvalue weighted by molar-refractivity contribution is 7.80. The molecule has 0 aromatic heterocycles. The van der Waals surface area contributed by atoms with E-state index in [1.54, 1.807) is 12.1 Å². The van der Waals surface area contributed by atoms with Crippen LogP contribution in [0.15, 0.2) is 47.5 Å². The summed E-state index contributed by atoms with van der Waals surface area (Å²) >= 11 is 5.09. The first-order valence-corrected chi connectivity index (χ1v) is 8.76. The van der Waals surface area contributed by atoms with E-state index in [-0.39, 0.29) is 18.5 Å². The van der Waals surface area contributed by atoms with E-state index in [4.69, 9.17) is 21.7 Å². The van der Waals surface area contributed by atoms with Gasteiger partial charge in [-0.15, -0.1) is 0 Å². The Hall–Kier alpha value is -3.33. The van der Waals surface area contributed by atoms with Crippen molar-refractivity contribution in [3.63, 3.8) is 0 Å². The standard InChI is InChI=1S/C19H14FN3O4S/c20-12-2-4-13(5-3-12)23-18(25)14(17(24)22-19(23)28)9-21-8-11-1-6-15-16(7-11)27-10-26-15/h1-7,9,14H,8,10H2,(H,22,24,28)/t14-/m1/s1. The molecule has 0 unspecified atom stereocenters. The largest absolute Gasteiger partial charge is 0.454 e. The SMILES string of the molecule is O=C1NC(=S)N(c2ccc(F)cc2)C(=O)[C@@H]1C=NCc1ccc2c(c1)OCO2. The highest BCUT2D eigenvalue weighted by atomic mass is 32.1. The summed E-state index contributed by atoms with van der Waals surface area (Å²) in [6.07, 6.45) is 1.29. The van der Waals surface area contributed by atoms with Crippen molar-refractivity contribution in [2.45, 2.75) is 6.54 Å². The second-order valence-corrected chi connectivity index (χ2v) is 6.49. The van der Waals surface area contributed by atoms with E-state index in [0.29, 0.717) is 17.2 Å². The van der Waals surface area contributed by atoms with Gasteiger partial charge in [-0.05, 0) is 54.2 Å². The van der Waals surface area contributed by atoms with Crippen molar-refractivity contribution in [1.29, 1.82) is 0 Å². The van der Waals surface area contributed by atoms with Gasteiger partial charge < -0.3 is 14.8 Å². The Morgan fingerprint density at radius 3 is 2.71 bits per heavy atom. The van der Waals surface area contributed by atoms with Gasteiger partial charge in [0, 0.05) is 6.21 Å². The van der Waals surface area contributed by atoms with Gasteiger partial charge in [0.15, 0.2) is 22.5 Å². The first kappa shape index (κ1) is 18.1. The summed E-state index contributed by atoms with van der Waals surface area (Å²) in [4.78, 5) is 30.4. The number of aliphatic imine (C=N–C) groups is 1. The summed E-state index contributed by atoms with van der Waals surface area (Å²) in [6, 6.07) is 10.7. The van der Waals surface area contributed by atoms with Crippen LogP contribution in [0.3, 0.4) is 0 Å². The van der Waals surface area contributed by atoms with Crippen LogP contribution >= 0.6 is 12.2 Å². The van der Waals surface area contributed by atoms with Crippen molar-refractivity contribution in [3.05, 3.63) is 53.8 Å². The summed E-state index contributed by atoms with van der Waals surface area (Å²) in [6.45, 7) is 0.437. The van der Waals surface area contributed by atoms with Gasteiger partial charge in [-0.1, -0.05) is 6.07 Å². The van der Waals surface area contributed by atoms with Crippen molar-refractivity contribution >= 4 is 41.0 Å². The van der Waals surface area contributed by atoms with E-state index in [2.05, 4.69) is 10.3 Å². The summed E-state index contributed by atoms with van der Waals surface area (Å²) in [5.74, 6) is -1.38. The summed E-state index contributed by atoms with van der Waals surface area (Å²) in [5, 5.41) is 2.43. The van der Waals surface area contributed by atoms with Crippen LogP contribution in [0.1, 0.15) is 5.56 Å². The van der Waals surface area contributed by atoms with Gasteiger partial charge in [0.1, 0.15) is 5.82 Å². The smallest absolute Gasteiger partial charge is 0.251 e. The van der Waals surface area contributed by atoms with E-state index in [1.165, 1.54) is 30.5 Å². The molecule has 0 spiro atoms. The van der Waals surface area contributed by atoms with Crippen molar-refractivity contribution in [2.75, 3.05) is 11.7 Å². The monoisotopic (exact) mass is 399 g/mol. The number of fused-ring (bicyclic) bond motifs is 1. The van der Waals surface area contributed by atoms with Crippen molar-refractivity contribution < 1.29 is 23.5 Å². The van der Waals surface area contributed by atoms with E-state index in [0.717, 1.165) is 10.5 Å². The number of hydrogen-bond donors (Lipinski definition) is 1. The molecule has 0 radical (unpaired) electrons. The zero-order valence-corrected chi connectivity index (χ0v) is 15.2. The number of anilines is 1. The average molecular weight is 399 g/mol. The minimum atomic E-state index is -1.13. The van der Waals surface area contributed by atoms with Crippen molar-refractivity contribution in [1.82, 2.24) is 5.32 Å². The Labute approximate surface area is 164 Å². The molecule has 1 N–H and O–H groups in total. The van der Waals surface area contributed by atoms with Gasteiger partial charge in [-0.25, -0.2) is 4.39 Å². The third-order valence-corrected chi connectivity index (χ3v) is 4.54. The Bertz CT molecular complexity index is 993. The van der Waals surface area contributed by atoms with Crippen LogP contribution in [0.4, 0.5) is 10.1 Å². The maximum Gasteiger partial charge on any atom is 0.251 e. The first-order chi connectivity index (χ1) is 13.5. The Morgan fingerprint density at radius 2 is 1.93 bits per heavy atom. The number of carbonyl (C=O) groups is 2. The van der Waals surface area contributed by atoms with E-state index >= 15 is 0 Å². The Kier molecular flexibility index (Phi) is 4.74. The maximum atomic E-state index is 13.2. The zero-order chi connectivity index (χ0) is 19.7. The molecule has 2 aliphatic heterocycles. The van der Waals surface area contributed by atoms with E-state index in [1.807, 2.05) is 6.07 Å². The second-order valence-electron chi connectivity index (χ2n) is 6.10. The fraction of sp³-hybridized carbons (Fsp3) is 0.158. The summed E-state index contributed by atoms with van der Waals surface area (Å²) in [7, 11) is 0. The number of thiocarbonyl (C=S) groups is 1. The molecule has 7 nitrogen and oxygen atoms in total. The molecule has 0 aliphatic carbocycles. The fourth-order valence-corrected chi connectivity index (χ4v) is 3.16. The van der Waals surface area contributed by atoms with Gasteiger partial charge in [-0.3, -0.25) is 19.5 Å². The van der Waals surface area contributed by atoms with Crippen molar-refractivity contribution in [2.24, 2.45) is 10.9 Å². The number of halogens is 1. The molecule has 1 fully saturated rings. The molecular weight excluding hydrogens is 385 g/mol. The van der Waals surface area contributed by atoms with Gasteiger partial charge in [0.2, 0.25) is 12.7 Å². The topological polar surface area (TPSA) is 80.2 Å². The minimum Gasteiger partial charge on any atom is -0.454 e. The number of benzene rings is 2. The van der Waals surface area contributed by atoms with Crippen LogP contribution in [0.25, 0.3) is 0 Å². The molecule has 28 heavy (non-hydrogen) atoms. The molecule has 9 heteroatoms. The summed E-state index contributed by atoms with van der Waals surface area (Å²) < 4.78 is 23.7. The molecule has 2 heterocycles. The predicted octanol–water partition coefficient (Wildman–Crippen LogP) is 2.19. The third kappa shape index (κ3) is 3.44. The molecule has 1 atom stereocenters. The zero-order valence-electron chi connectivity index (χ0n) is 14.4. The molecule has 2 amide bonds. The van der Waals surface area contributed by atoms with Crippen LogP contribution < -0.4 is 19.7 Å². The minimum absolute atomic E-state index is 0.0537. The number of ether oxygens (including phenoxy) is 2. The number of nitrogens with zero attached hydrogens (tertiary/aromatic N) is 2. The van der Waals surface area contributed by atoms with E-state index in [9.17, 15) is 14.0 Å². The number of nitrogens with one attached hydrogen (secondary N) is 1. The third-order valence-electron chi connectivity index (χ3n) is 4.25. The molecule has 0 saturated carbocycles. The first-order valence-electron chi connectivity index (χ1n) is 8.36. The van der Waals surface area contributed by atoms with Crippen molar-refractivity contribution in [3.8, 4) is 11.5 Å². The lowest BCUT2D eigenvalue weighted by Gasteiger charge is -2.30. The average Bonchev–Trinajstić information content (AvgIpc) is 3.13. The lowest BCUT2D eigenvalue weighted by Crippen LogP contribution is -2.58. The molecule has 2 aromatic rings. The van der Waals surface area contributed by atoms with Crippen LogP contribution in [-0.2, 0) is 16.1 Å². The predicted molar refractivity (Wildman–Crippen MR) is 103 cm³/mol. The van der Waals surface area contributed by atoms with Crippen LogP contribution in [0, 0.1) is 11.7 Å². The molecule has 0 bridgehead atoms. The van der Waals surface area contributed by atoms with Crippen LogP contribution in [0.5, 0.6) is 11.5 Å². The molecule has 2 aliphatic rings. The molecule has 142 valence electrons. The molecule has 2 aromatic carbocycles. The van der Waals surface area contributed by atoms with E-state index < -0.39 is 23.5 Å². The Balaban J connectivity index is 1.50.